The van der Waals surface area contributed by atoms with Crippen LogP contribution in [0.2, 0.25) is 0 Å². The Balaban J connectivity index is 1.27. The standard InChI is InChI=1S/C19H20N2O5/c22-18-8-13(10-21(18)11-14-4-3-7-24-14)19(23)20-9-15-12-25-16-5-1-2-6-17(16)26-15/h1-7,13,15H,8-12H2,(H,20,23)/t13-,15-/m0/s1. The van der Waals surface area contributed by atoms with Gasteiger partial charge in [0, 0.05) is 13.0 Å². The van der Waals surface area contributed by atoms with E-state index in [4.69, 9.17) is 13.9 Å². The number of amides is 2. The highest BCUT2D eigenvalue weighted by Crippen LogP contribution is 2.30. The van der Waals surface area contributed by atoms with Gasteiger partial charge in [-0.25, -0.2) is 0 Å². The van der Waals surface area contributed by atoms with E-state index in [0.29, 0.717) is 43.5 Å². The molecular weight excluding hydrogens is 336 g/mol. The molecular formula is C19H20N2O5. The second kappa shape index (κ2) is 7.11. The maximum atomic E-state index is 12.4. The van der Waals surface area contributed by atoms with Crippen molar-refractivity contribution in [2.75, 3.05) is 19.7 Å². The average Bonchev–Trinajstić information content (AvgIpc) is 3.30. The summed E-state index contributed by atoms with van der Waals surface area (Å²) >= 11 is 0. The van der Waals surface area contributed by atoms with Crippen LogP contribution in [0.3, 0.4) is 0 Å². The van der Waals surface area contributed by atoms with E-state index in [1.165, 1.54) is 0 Å². The van der Waals surface area contributed by atoms with Gasteiger partial charge in [-0.1, -0.05) is 12.1 Å². The van der Waals surface area contributed by atoms with Gasteiger partial charge in [-0.2, -0.15) is 0 Å². The first-order chi connectivity index (χ1) is 12.7. The molecule has 136 valence electrons. The molecule has 1 aromatic heterocycles. The topological polar surface area (TPSA) is 81.0 Å². The number of para-hydroxylation sites is 2. The summed E-state index contributed by atoms with van der Waals surface area (Å²) in [7, 11) is 0. The molecule has 1 fully saturated rings. The van der Waals surface area contributed by atoms with Crippen LogP contribution in [-0.4, -0.2) is 42.5 Å². The van der Waals surface area contributed by atoms with E-state index in [0.717, 1.165) is 0 Å². The van der Waals surface area contributed by atoms with Crippen molar-refractivity contribution < 1.29 is 23.5 Å². The van der Waals surface area contributed by atoms with Crippen LogP contribution in [0.5, 0.6) is 11.5 Å². The van der Waals surface area contributed by atoms with Crippen LogP contribution < -0.4 is 14.8 Å². The highest BCUT2D eigenvalue weighted by Gasteiger charge is 2.35. The van der Waals surface area contributed by atoms with E-state index in [1.54, 1.807) is 17.2 Å². The third kappa shape index (κ3) is 3.51. The third-order valence-corrected chi connectivity index (χ3v) is 4.58. The Morgan fingerprint density at radius 3 is 2.85 bits per heavy atom. The first-order valence-electron chi connectivity index (χ1n) is 8.65. The number of likely N-dealkylation sites (tertiary alicyclic amines) is 1. The fourth-order valence-electron chi connectivity index (χ4n) is 3.21. The van der Waals surface area contributed by atoms with Gasteiger partial charge >= 0.3 is 0 Å². The van der Waals surface area contributed by atoms with Gasteiger partial charge in [-0.15, -0.1) is 0 Å². The van der Waals surface area contributed by atoms with Crippen molar-refractivity contribution in [2.45, 2.75) is 19.1 Å². The van der Waals surface area contributed by atoms with Crippen molar-refractivity contribution in [1.29, 1.82) is 0 Å². The van der Waals surface area contributed by atoms with Gasteiger partial charge in [0.15, 0.2) is 11.5 Å². The Labute approximate surface area is 150 Å². The van der Waals surface area contributed by atoms with Crippen LogP contribution in [0.4, 0.5) is 0 Å². The first kappa shape index (κ1) is 16.5. The fourth-order valence-corrected chi connectivity index (χ4v) is 3.21. The molecule has 2 atom stereocenters. The van der Waals surface area contributed by atoms with E-state index in [1.807, 2.05) is 30.3 Å². The lowest BCUT2D eigenvalue weighted by Crippen LogP contribution is -2.43. The summed E-state index contributed by atoms with van der Waals surface area (Å²) in [5, 5.41) is 2.88. The Hall–Kier alpha value is -2.96. The lowest BCUT2D eigenvalue weighted by molar-refractivity contribution is -0.129. The fraction of sp³-hybridized carbons (Fsp3) is 0.368. The number of carbonyl (C=O) groups excluding carboxylic acids is 2. The molecule has 0 radical (unpaired) electrons. The Morgan fingerprint density at radius 2 is 2.04 bits per heavy atom. The number of rotatable bonds is 5. The molecule has 4 rings (SSSR count). The number of ether oxygens (including phenoxy) is 2. The molecule has 0 bridgehead atoms. The van der Waals surface area contributed by atoms with E-state index in [9.17, 15) is 9.59 Å². The van der Waals surface area contributed by atoms with Crippen LogP contribution in [-0.2, 0) is 16.1 Å². The first-order valence-corrected chi connectivity index (χ1v) is 8.65. The Bertz CT molecular complexity index is 789. The van der Waals surface area contributed by atoms with Gasteiger partial charge in [-0.3, -0.25) is 9.59 Å². The maximum Gasteiger partial charge on any atom is 0.225 e. The van der Waals surface area contributed by atoms with Crippen molar-refractivity contribution in [3.63, 3.8) is 0 Å². The molecule has 7 nitrogen and oxygen atoms in total. The second-order valence-electron chi connectivity index (χ2n) is 6.50. The van der Waals surface area contributed by atoms with Crippen molar-refractivity contribution in [2.24, 2.45) is 5.92 Å². The highest BCUT2D eigenvalue weighted by atomic mass is 16.6. The molecule has 7 heteroatoms. The van der Waals surface area contributed by atoms with Gasteiger partial charge in [-0.05, 0) is 24.3 Å². The molecule has 0 saturated carbocycles. The zero-order chi connectivity index (χ0) is 17.9. The van der Waals surface area contributed by atoms with Gasteiger partial charge in [0.1, 0.15) is 18.5 Å². The summed E-state index contributed by atoms with van der Waals surface area (Å²) in [6.45, 7) is 1.52. The summed E-state index contributed by atoms with van der Waals surface area (Å²) in [5.74, 6) is 1.58. The van der Waals surface area contributed by atoms with E-state index in [2.05, 4.69) is 5.32 Å². The van der Waals surface area contributed by atoms with Crippen LogP contribution in [0.1, 0.15) is 12.2 Å². The normalized spacial score (nSPS) is 21.7. The highest BCUT2D eigenvalue weighted by molar-refractivity contribution is 5.89. The zero-order valence-corrected chi connectivity index (χ0v) is 14.2. The van der Waals surface area contributed by atoms with Gasteiger partial charge < -0.3 is 24.1 Å². The number of nitrogens with one attached hydrogen (secondary N) is 1. The molecule has 2 aromatic rings. The molecule has 1 N–H and O–H groups in total. The van der Waals surface area contributed by atoms with E-state index < -0.39 is 0 Å². The molecule has 0 aliphatic carbocycles. The number of fused-ring (bicyclic) bond motifs is 1. The zero-order valence-electron chi connectivity index (χ0n) is 14.2. The molecule has 26 heavy (non-hydrogen) atoms. The lowest BCUT2D eigenvalue weighted by Gasteiger charge is -2.26. The van der Waals surface area contributed by atoms with E-state index in [-0.39, 0.29) is 30.3 Å². The second-order valence-corrected chi connectivity index (χ2v) is 6.50. The van der Waals surface area contributed by atoms with Crippen molar-refractivity contribution in [3.8, 4) is 11.5 Å². The van der Waals surface area contributed by atoms with Gasteiger partial charge in [0.05, 0.1) is 25.3 Å². The Morgan fingerprint density at radius 1 is 1.19 bits per heavy atom. The van der Waals surface area contributed by atoms with Crippen molar-refractivity contribution in [1.82, 2.24) is 10.2 Å². The number of carbonyl (C=O) groups is 2. The summed E-state index contributed by atoms with van der Waals surface area (Å²) in [6, 6.07) is 11.0. The number of benzene rings is 1. The molecule has 2 amide bonds. The minimum absolute atomic E-state index is 0.0345. The number of hydrogen-bond acceptors (Lipinski definition) is 5. The third-order valence-electron chi connectivity index (χ3n) is 4.58. The quantitative estimate of drug-likeness (QED) is 0.880. The van der Waals surface area contributed by atoms with Crippen LogP contribution in [0.25, 0.3) is 0 Å². The van der Waals surface area contributed by atoms with E-state index >= 15 is 0 Å². The monoisotopic (exact) mass is 356 g/mol. The van der Waals surface area contributed by atoms with Gasteiger partial charge in [0.2, 0.25) is 11.8 Å². The molecule has 2 aliphatic rings. The van der Waals surface area contributed by atoms with Gasteiger partial charge in [0.25, 0.3) is 0 Å². The largest absolute Gasteiger partial charge is 0.486 e. The summed E-state index contributed by atoms with van der Waals surface area (Å²) in [6.07, 6.45) is 1.55. The minimum Gasteiger partial charge on any atom is -0.486 e. The minimum atomic E-state index is -0.353. The summed E-state index contributed by atoms with van der Waals surface area (Å²) in [5.41, 5.74) is 0. The molecule has 1 saturated heterocycles. The Kier molecular flexibility index (Phi) is 4.51. The van der Waals surface area contributed by atoms with Crippen LogP contribution in [0.15, 0.2) is 47.1 Å². The smallest absolute Gasteiger partial charge is 0.225 e. The SMILES string of the molecule is O=C(NC[C@H]1COc2ccccc2O1)[C@H]1CC(=O)N(Cc2ccco2)C1. The molecule has 1 aromatic carbocycles. The number of nitrogens with zero attached hydrogens (tertiary/aromatic N) is 1. The van der Waals surface area contributed by atoms with Crippen molar-refractivity contribution in [3.05, 3.63) is 48.4 Å². The lowest BCUT2D eigenvalue weighted by atomic mass is 10.1. The molecule has 0 spiro atoms. The van der Waals surface area contributed by atoms with Crippen molar-refractivity contribution >= 4 is 11.8 Å². The number of furan rings is 1. The van der Waals surface area contributed by atoms with Crippen LogP contribution >= 0.6 is 0 Å². The average molecular weight is 356 g/mol. The van der Waals surface area contributed by atoms with Crippen LogP contribution in [0, 0.1) is 5.92 Å². The summed E-state index contributed by atoms with van der Waals surface area (Å²) < 4.78 is 16.7. The molecule has 2 aliphatic heterocycles. The maximum absolute atomic E-state index is 12.4. The predicted octanol–water partition coefficient (Wildman–Crippen LogP) is 1.58. The summed E-state index contributed by atoms with van der Waals surface area (Å²) in [4.78, 5) is 26.2. The predicted molar refractivity (Wildman–Crippen MR) is 91.6 cm³/mol. The number of hydrogen-bond donors (Lipinski definition) is 1. The molecule has 3 heterocycles. The molecule has 0 unspecified atom stereocenters.